The molecule has 2 aromatic carbocycles. The largest absolute Gasteiger partial charge is 0.506 e. The predicted octanol–water partition coefficient (Wildman–Crippen LogP) is 2.90. The zero-order valence-corrected chi connectivity index (χ0v) is 13.7. The lowest BCUT2D eigenvalue weighted by Crippen LogP contribution is -2.37. The van der Waals surface area contributed by atoms with Crippen molar-refractivity contribution < 1.29 is 14.6 Å². The van der Waals surface area contributed by atoms with Gasteiger partial charge in [0.05, 0.1) is 5.69 Å². The molecular weight excluding hydrogens is 312 g/mol. The number of phenols is 1. The van der Waals surface area contributed by atoms with Crippen LogP contribution in [0.3, 0.4) is 0 Å². The lowest BCUT2D eigenvalue weighted by Gasteiger charge is -2.12. The van der Waals surface area contributed by atoms with Crippen molar-refractivity contribution in [3.8, 4) is 11.5 Å². The monoisotopic (exact) mass is 330 g/mol. The number of carbonyl (C=O) groups excluding carboxylic acids is 1. The van der Waals surface area contributed by atoms with Crippen LogP contribution in [0.4, 0.5) is 5.69 Å². The molecule has 1 amide bonds. The van der Waals surface area contributed by atoms with Gasteiger partial charge in [0.15, 0.2) is 11.7 Å². The molecule has 0 spiro atoms. The maximum atomic E-state index is 11.8. The molecule has 23 heavy (non-hydrogen) atoms. The standard InChI is InChI=1S/C17H18N2O3S/c1-11-3-6-13(7-4-11)22-10-16(21)19-17(23)18-14-9-12(2)5-8-15(14)20/h3-9,20H,10H2,1-2H3,(H2,18,19,21,23). The number of ether oxygens (including phenoxy) is 1. The van der Waals surface area contributed by atoms with Gasteiger partial charge < -0.3 is 15.2 Å². The fourth-order valence-electron chi connectivity index (χ4n) is 1.85. The molecule has 3 N–H and O–H groups in total. The summed E-state index contributed by atoms with van der Waals surface area (Å²) in [6, 6.07) is 12.5. The van der Waals surface area contributed by atoms with Gasteiger partial charge in [0, 0.05) is 0 Å². The van der Waals surface area contributed by atoms with Crippen LogP contribution in [0.1, 0.15) is 11.1 Å². The lowest BCUT2D eigenvalue weighted by atomic mass is 10.2. The molecule has 0 aliphatic carbocycles. The minimum atomic E-state index is -0.379. The summed E-state index contributed by atoms with van der Waals surface area (Å²) >= 11 is 5.05. The summed E-state index contributed by atoms with van der Waals surface area (Å²) in [7, 11) is 0. The summed E-state index contributed by atoms with van der Waals surface area (Å²) in [5.74, 6) is 0.291. The number of anilines is 1. The van der Waals surface area contributed by atoms with E-state index in [9.17, 15) is 9.90 Å². The molecule has 0 saturated carbocycles. The van der Waals surface area contributed by atoms with E-state index in [1.54, 1.807) is 30.3 Å². The van der Waals surface area contributed by atoms with Crippen molar-refractivity contribution in [1.82, 2.24) is 5.32 Å². The van der Waals surface area contributed by atoms with E-state index in [0.717, 1.165) is 11.1 Å². The average molecular weight is 330 g/mol. The molecule has 0 heterocycles. The lowest BCUT2D eigenvalue weighted by molar-refractivity contribution is -0.121. The van der Waals surface area contributed by atoms with Crippen molar-refractivity contribution in [3.63, 3.8) is 0 Å². The molecule has 0 bridgehead atoms. The molecule has 0 saturated heterocycles. The second-order valence-electron chi connectivity index (χ2n) is 5.12. The highest BCUT2D eigenvalue weighted by Gasteiger charge is 2.08. The Hall–Kier alpha value is -2.60. The molecule has 0 atom stereocenters. The SMILES string of the molecule is Cc1ccc(OCC(=O)NC(=S)Nc2cc(C)ccc2O)cc1. The first-order valence-corrected chi connectivity index (χ1v) is 7.45. The number of amides is 1. The number of benzene rings is 2. The molecule has 0 aromatic heterocycles. The summed E-state index contributed by atoms with van der Waals surface area (Å²) in [6.45, 7) is 3.72. The van der Waals surface area contributed by atoms with Crippen LogP contribution in [0, 0.1) is 13.8 Å². The Bertz CT molecular complexity index is 714. The molecule has 0 aliphatic rings. The molecule has 0 aliphatic heterocycles. The van der Waals surface area contributed by atoms with Gasteiger partial charge in [-0.3, -0.25) is 10.1 Å². The highest BCUT2D eigenvalue weighted by atomic mass is 32.1. The molecule has 0 radical (unpaired) electrons. The second kappa shape index (κ2) is 7.60. The fraction of sp³-hybridized carbons (Fsp3) is 0.176. The highest BCUT2D eigenvalue weighted by Crippen LogP contribution is 2.23. The number of thiocarbonyl (C=S) groups is 1. The summed E-state index contributed by atoms with van der Waals surface area (Å²) in [4.78, 5) is 11.8. The van der Waals surface area contributed by atoms with Crippen molar-refractivity contribution >= 4 is 28.9 Å². The Labute approximate surface area is 140 Å². The number of nitrogens with one attached hydrogen (secondary N) is 2. The maximum absolute atomic E-state index is 11.8. The van der Waals surface area contributed by atoms with Gasteiger partial charge in [-0.1, -0.05) is 23.8 Å². The van der Waals surface area contributed by atoms with E-state index >= 15 is 0 Å². The molecule has 5 nitrogen and oxygen atoms in total. The quantitative estimate of drug-likeness (QED) is 0.594. The third kappa shape index (κ3) is 5.27. The number of phenolic OH excluding ortho intramolecular Hbond substituents is 1. The summed E-state index contributed by atoms with van der Waals surface area (Å²) in [6.07, 6.45) is 0. The van der Waals surface area contributed by atoms with E-state index in [-0.39, 0.29) is 23.4 Å². The van der Waals surface area contributed by atoms with Crippen LogP contribution < -0.4 is 15.4 Å². The van der Waals surface area contributed by atoms with E-state index < -0.39 is 0 Å². The van der Waals surface area contributed by atoms with E-state index in [1.807, 2.05) is 26.0 Å². The first kappa shape index (κ1) is 16.8. The molecule has 120 valence electrons. The van der Waals surface area contributed by atoms with Crippen molar-refractivity contribution in [2.24, 2.45) is 0 Å². The number of rotatable bonds is 4. The van der Waals surface area contributed by atoms with Gasteiger partial charge in [-0.2, -0.15) is 0 Å². The van der Waals surface area contributed by atoms with Crippen molar-refractivity contribution in [2.45, 2.75) is 13.8 Å². The van der Waals surface area contributed by atoms with Crippen molar-refractivity contribution in [2.75, 3.05) is 11.9 Å². The number of aromatic hydroxyl groups is 1. The van der Waals surface area contributed by atoms with Crippen LogP contribution in [0.2, 0.25) is 0 Å². The van der Waals surface area contributed by atoms with Gasteiger partial charge in [-0.25, -0.2) is 0 Å². The highest BCUT2D eigenvalue weighted by molar-refractivity contribution is 7.80. The van der Waals surface area contributed by atoms with Crippen LogP contribution >= 0.6 is 12.2 Å². The van der Waals surface area contributed by atoms with Gasteiger partial charge in [-0.05, 0) is 55.9 Å². The molecule has 6 heteroatoms. The Kier molecular flexibility index (Phi) is 5.54. The topological polar surface area (TPSA) is 70.6 Å². The molecular formula is C17H18N2O3S. The minimum Gasteiger partial charge on any atom is -0.506 e. The van der Waals surface area contributed by atoms with E-state index in [2.05, 4.69) is 10.6 Å². The Morgan fingerprint density at radius 3 is 2.48 bits per heavy atom. The van der Waals surface area contributed by atoms with Crippen LogP contribution in [0.15, 0.2) is 42.5 Å². The summed E-state index contributed by atoms with van der Waals surface area (Å²) in [5.41, 5.74) is 2.52. The summed E-state index contributed by atoms with van der Waals surface area (Å²) < 4.78 is 5.37. The number of aryl methyl sites for hydroxylation is 2. The van der Waals surface area contributed by atoms with E-state index in [1.165, 1.54) is 0 Å². The molecule has 2 rings (SSSR count). The normalized spacial score (nSPS) is 10.0. The average Bonchev–Trinajstić information content (AvgIpc) is 2.50. The van der Waals surface area contributed by atoms with Crippen LogP contribution in [0.5, 0.6) is 11.5 Å². The van der Waals surface area contributed by atoms with Crippen molar-refractivity contribution in [3.05, 3.63) is 53.6 Å². The van der Waals surface area contributed by atoms with Gasteiger partial charge in [0.2, 0.25) is 0 Å². The fourth-order valence-corrected chi connectivity index (χ4v) is 2.07. The van der Waals surface area contributed by atoms with Gasteiger partial charge >= 0.3 is 0 Å². The van der Waals surface area contributed by atoms with Gasteiger partial charge in [-0.15, -0.1) is 0 Å². The Morgan fingerprint density at radius 2 is 1.78 bits per heavy atom. The predicted molar refractivity (Wildman–Crippen MR) is 93.9 cm³/mol. The van der Waals surface area contributed by atoms with Crippen LogP contribution in [-0.4, -0.2) is 22.7 Å². The smallest absolute Gasteiger partial charge is 0.264 e. The zero-order chi connectivity index (χ0) is 16.8. The Morgan fingerprint density at radius 1 is 1.13 bits per heavy atom. The maximum Gasteiger partial charge on any atom is 0.264 e. The number of carbonyl (C=O) groups is 1. The number of hydrogen-bond donors (Lipinski definition) is 3. The first-order chi connectivity index (χ1) is 10.9. The van der Waals surface area contributed by atoms with E-state index in [4.69, 9.17) is 17.0 Å². The van der Waals surface area contributed by atoms with Crippen LogP contribution in [-0.2, 0) is 4.79 Å². The summed E-state index contributed by atoms with van der Waals surface area (Å²) in [5, 5.41) is 15.1. The molecule has 0 fully saturated rings. The molecule has 0 unspecified atom stereocenters. The molecule has 2 aromatic rings. The number of hydrogen-bond acceptors (Lipinski definition) is 4. The third-order valence-electron chi connectivity index (χ3n) is 3.04. The van der Waals surface area contributed by atoms with Gasteiger partial charge in [0.1, 0.15) is 11.5 Å². The van der Waals surface area contributed by atoms with Gasteiger partial charge in [0.25, 0.3) is 5.91 Å². The van der Waals surface area contributed by atoms with Crippen molar-refractivity contribution in [1.29, 1.82) is 0 Å². The first-order valence-electron chi connectivity index (χ1n) is 7.04. The minimum absolute atomic E-state index is 0.0584. The second-order valence-corrected chi connectivity index (χ2v) is 5.53. The third-order valence-corrected chi connectivity index (χ3v) is 3.25. The zero-order valence-electron chi connectivity index (χ0n) is 12.9. The Balaban J connectivity index is 1.83. The van der Waals surface area contributed by atoms with E-state index in [0.29, 0.717) is 11.4 Å². The van der Waals surface area contributed by atoms with Crippen LogP contribution in [0.25, 0.3) is 0 Å².